The Balaban J connectivity index is 3.25. The molecule has 1 rings (SSSR count). The number of alkyl halides is 3. The van der Waals surface area contributed by atoms with E-state index in [4.69, 9.17) is 0 Å². The lowest BCUT2D eigenvalue weighted by atomic mass is 10.3. The first-order chi connectivity index (χ1) is 7.36. The number of thiol groups is 1. The van der Waals surface area contributed by atoms with Crippen molar-refractivity contribution in [2.45, 2.75) is 12.7 Å². The van der Waals surface area contributed by atoms with Gasteiger partial charge in [0.05, 0.1) is 0 Å². The maximum absolute atomic E-state index is 12.6. The van der Waals surface area contributed by atoms with Crippen LogP contribution >= 0.6 is 12.6 Å². The fourth-order valence-corrected chi connectivity index (χ4v) is 1.30. The second kappa shape index (κ2) is 4.78. The Hall–Kier alpha value is -1.17. The summed E-state index contributed by atoms with van der Waals surface area (Å²) in [7, 11) is 0. The zero-order valence-electron chi connectivity index (χ0n) is 8.29. The Morgan fingerprint density at radius 3 is 2.56 bits per heavy atom. The Labute approximate surface area is 95.8 Å². The highest BCUT2D eigenvalue weighted by Gasteiger charge is 2.34. The minimum atomic E-state index is -4.54. The first-order valence-corrected chi connectivity index (χ1v) is 5.04. The van der Waals surface area contributed by atoms with Gasteiger partial charge in [-0.2, -0.15) is 25.8 Å². The maximum atomic E-state index is 12.6. The minimum Gasteiger partial charge on any atom is -0.300 e. The van der Waals surface area contributed by atoms with Gasteiger partial charge >= 0.3 is 6.18 Å². The smallest absolute Gasteiger partial charge is 0.300 e. The van der Waals surface area contributed by atoms with Gasteiger partial charge in [0.25, 0.3) is 5.56 Å². The van der Waals surface area contributed by atoms with Gasteiger partial charge in [-0.15, -0.1) is 0 Å². The van der Waals surface area contributed by atoms with Crippen molar-refractivity contribution in [3.8, 4) is 0 Å². The van der Waals surface area contributed by atoms with E-state index in [1.807, 2.05) is 0 Å². The van der Waals surface area contributed by atoms with Crippen LogP contribution < -0.4 is 5.56 Å². The normalized spacial score (nSPS) is 11.5. The molecule has 0 aromatic carbocycles. The van der Waals surface area contributed by atoms with E-state index < -0.39 is 17.4 Å². The molecule has 16 heavy (non-hydrogen) atoms. The van der Waals surface area contributed by atoms with Crippen LogP contribution in [0.5, 0.6) is 0 Å². The highest BCUT2D eigenvalue weighted by molar-refractivity contribution is 7.80. The molecule has 0 unspecified atom stereocenters. The summed E-state index contributed by atoms with van der Waals surface area (Å²) in [6, 6.07) is 3.04. The Bertz CT molecular complexity index is 450. The van der Waals surface area contributed by atoms with Gasteiger partial charge in [0.15, 0.2) is 0 Å². The fraction of sp³-hybridized carbons (Fsp3) is 0.300. The molecule has 1 aromatic rings. The van der Waals surface area contributed by atoms with Crippen molar-refractivity contribution in [2.75, 3.05) is 5.75 Å². The summed E-state index contributed by atoms with van der Waals surface area (Å²) in [6.45, 7) is 3.36. The van der Waals surface area contributed by atoms with Crippen LogP contribution in [0.1, 0.15) is 5.69 Å². The molecule has 0 atom stereocenters. The lowest BCUT2D eigenvalue weighted by Gasteiger charge is -2.15. The van der Waals surface area contributed by atoms with Crippen molar-refractivity contribution in [1.82, 2.24) is 4.57 Å². The number of nitrogens with zero attached hydrogens (tertiary/aromatic N) is 1. The summed E-state index contributed by atoms with van der Waals surface area (Å²) in [5.74, 6) is 0.235. The van der Waals surface area contributed by atoms with Crippen LogP contribution in [-0.4, -0.2) is 10.3 Å². The molecule has 0 amide bonds. The number of hydrogen-bond donors (Lipinski definition) is 1. The fourth-order valence-electron chi connectivity index (χ4n) is 1.20. The van der Waals surface area contributed by atoms with E-state index in [2.05, 4.69) is 19.2 Å². The van der Waals surface area contributed by atoms with Crippen molar-refractivity contribution in [3.05, 3.63) is 46.4 Å². The summed E-state index contributed by atoms with van der Waals surface area (Å²) < 4.78 is 38.4. The third kappa shape index (κ3) is 2.91. The quantitative estimate of drug-likeness (QED) is 0.644. The molecule has 1 aromatic heterocycles. The molecule has 88 valence electrons. The van der Waals surface area contributed by atoms with E-state index in [1.54, 1.807) is 0 Å². The third-order valence-corrected chi connectivity index (χ3v) is 2.39. The molecule has 0 aliphatic carbocycles. The van der Waals surface area contributed by atoms with Crippen LogP contribution in [0.25, 0.3) is 0 Å². The van der Waals surface area contributed by atoms with Crippen molar-refractivity contribution < 1.29 is 13.2 Å². The molecule has 0 N–H and O–H groups in total. The summed E-state index contributed by atoms with van der Waals surface area (Å²) in [6.07, 6.45) is -4.54. The Morgan fingerprint density at radius 2 is 2.06 bits per heavy atom. The Kier molecular flexibility index (Phi) is 3.85. The largest absolute Gasteiger partial charge is 0.431 e. The third-order valence-electron chi connectivity index (χ3n) is 1.95. The van der Waals surface area contributed by atoms with Crippen LogP contribution in [0.2, 0.25) is 0 Å². The van der Waals surface area contributed by atoms with Gasteiger partial charge in [-0.25, -0.2) is 0 Å². The van der Waals surface area contributed by atoms with Gasteiger partial charge in [0.1, 0.15) is 5.69 Å². The molecule has 0 fully saturated rings. The van der Waals surface area contributed by atoms with Crippen LogP contribution in [0.3, 0.4) is 0 Å². The van der Waals surface area contributed by atoms with Crippen molar-refractivity contribution in [1.29, 1.82) is 0 Å². The lowest BCUT2D eigenvalue weighted by Crippen LogP contribution is -2.27. The molecular formula is C10H10F3NOS. The molecule has 0 saturated carbocycles. The van der Waals surface area contributed by atoms with Gasteiger partial charge in [-0.3, -0.25) is 4.79 Å². The van der Waals surface area contributed by atoms with Gasteiger partial charge in [-0.1, -0.05) is 12.6 Å². The van der Waals surface area contributed by atoms with E-state index in [1.165, 1.54) is 0 Å². The van der Waals surface area contributed by atoms with E-state index in [9.17, 15) is 18.0 Å². The van der Waals surface area contributed by atoms with Crippen molar-refractivity contribution >= 4 is 12.6 Å². The van der Waals surface area contributed by atoms with Crippen LogP contribution in [0.15, 0.2) is 35.1 Å². The monoisotopic (exact) mass is 249 g/mol. The number of pyridine rings is 1. The molecule has 2 nitrogen and oxygen atoms in total. The summed E-state index contributed by atoms with van der Waals surface area (Å²) in [5.41, 5.74) is -1.22. The summed E-state index contributed by atoms with van der Waals surface area (Å²) >= 11 is 3.89. The van der Waals surface area contributed by atoms with Crippen LogP contribution in [0.4, 0.5) is 13.2 Å². The first-order valence-electron chi connectivity index (χ1n) is 4.41. The standard InChI is InChI=1S/C10H10F3NOS/c1-7(6-16)5-14-8(10(11,12)13)3-2-4-9(14)15/h2-4,16H,1,5-6H2. The lowest BCUT2D eigenvalue weighted by molar-refractivity contribution is -0.144. The van der Waals surface area contributed by atoms with E-state index in [-0.39, 0.29) is 12.3 Å². The predicted molar refractivity (Wildman–Crippen MR) is 58.7 cm³/mol. The molecule has 6 heteroatoms. The van der Waals surface area contributed by atoms with E-state index in [0.717, 1.165) is 18.2 Å². The highest BCUT2D eigenvalue weighted by Crippen LogP contribution is 2.28. The number of hydrogen-bond acceptors (Lipinski definition) is 2. The molecule has 0 spiro atoms. The van der Waals surface area contributed by atoms with Crippen molar-refractivity contribution in [2.24, 2.45) is 0 Å². The van der Waals surface area contributed by atoms with E-state index >= 15 is 0 Å². The maximum Gasteiger partial charge on any atom is 0.431 e. The topological polar surface area (TPSA) is 22.0 Å². The predicted octanol–water partition coefficient (Wildman–Crippen LogP) is 2.35. The first kappa shape index (κ1) is 12.9. The number of aromatic nitrogens is 1. The van der Waals surface area contributed by atoms with Gasteiger partial charge in [-0.05, 0) is 11.6 Å². The minimum absolute atomic E-state index is 0.169. The molecule has 0 saturated heterocycles. The zero-order valence-corrected chi connectivity index (χ0v) is 9.18. The summed E-state index contributed by atoms with van der Waals surface area (Å²) in [4.78, 5) is 11.3. The van der Waals surface area contributed by atoms with Crippen LogP contribution in [-0.2, 0) is 12.7 Å². The number of rotatable bonds is 3. The molecule has 0 bridgehead atoms. The highest BCUT2D eigenvalue weighted by atomic mass is 32.1. The average Bonchev–Trinajstić information content (AvgIpc) is 2.19. The average molecular weight is 249 g/mol. The van der Waals surface area contributed by atoms with Gasteiger partial charge in [0.2, 0.25) is 0 Å². The zero-order chi connectivity index (χ0) is 12.3. The van der Waals surface area contributed by atoms with Crippen molar-refractivity contribution in [3.63, 3.8) is 0 Å². The van der Waals surface area contributed by atoms with Crippen LogP contribution in [0, 0.1) is 0 Å². The van der Waals surface area contributed by atoms with Gasteiger partial charge in [0, 0.05) is 18.4 Å². The molecule has 0 radical (unpaired) electrons. The molecule has 1 heterocycles. The second-order valence-electron chi connectivity index (χ2n) is 3.24. The molecule has 0 aliphatic rings. The SMILES string of the molecule is C=C(CS)Cn1c(C(F)(F)F)cccc1=O. The molecular weight excluding hydrogens is 239 g/mol. The summed E-state index contributed by atoms with van der Waals surface area (Å²) in [5, 5.41) is 0. The molecule has 0 aliphatic heterocycles. The number of halogens is 3. The Morgan fingerprint density at radius 1 is 1.44 bits per heavy atom. The van der Waals surface area contributed by atoms with Gasteiger partial charge < -0.3 is 4.57 Å². The second-order valence-corrected chi connectivity index (χ2v) is 3.56. The van der Waals surface area contributed by atoms with E-state index in [0.29, 0.717) is 10.1 Å².